The van der Waals surface area contributed by atoms with Gasteiger partial charge in [-0.25, -0.2) is 0 Å². The van der Waals surface area contributed by atoms with Crippen LogP contribution in [0.15, 0.2) is 65.7 Å². The lowest BCUT2D eigenvalue weighted by atomic mass is 10.1. The monoisotopic (exact) mass is 250 g/mol. The molecule has 0 fully saturated rings. The minimum absolute atomic E-state index is 0.680. The van der Waals surface area contributed by atoms with Crippen molar-refractivity contribution in [2.75, 3.05) is 0 Å². The fourth-order valence-corrected chi connectivity index (χ4v) is 2.37. The molecule has 4 rings (SSSR count). The number of para-hydroxylation sites is 1. The lowest BCUT2D eigenvalue weighted by molar-refractivity contribution is 0.312. The molecule has 1 aliphatic rings. The number of ether oxygens (including phenoxy) is 2. The van der Waals surface area contributed by atoms with E-state index in [1.807, 2.05) is 42.5 Å². The molecule has 3 nitrogen and oxygen atoms in total. The van der Waals surface area contributed by atoms with Crippen molar-refractivity contribution in [3.05, 3.63) is 66.8 Å². The molecule has 0 saturated heterocycles. The van der Waals surface area contributed by atoms with Crippen molar-refractivity contribution in [2.45, 2.75) is 0 Å². The van der Waals surface area contributed by atoms with Crippen LogP contribution in [-0.2, 0) is 9.47 Å². The maximum Gasteiger partial charge on any atom is 0.169 e. The van der Waals surface area contributed by atoms with Crippen molar-refractivity contribution in [1.82, 2.24) is 0 Å². The average Bonchev–Trinajstić information content (AvgIpc) is 2.86. The summed E-state index contributed by atoms with van der Waals surface area (Å²) >= 11 is 0. The Morgan fingerprint density at radius 1 is 0.789 bits per heavy atom. The zero-order valence-corrected chi connectivity index (χ0v) is 10.00. The highest BCUT2D eigenvalue weighted by atomic mass is 16.5. The standard InChI is InChI=1S/C16H10O3/c1-2-6-13-11(4-1)16-12(5-3-7-14(16)19-13)15-10-17-8-9-18-15/h1-10H. The van der Waals surface area contributed by atoms with Crippen molar-refractivity contribution >= 4 is 27.7 Å². The second-order valence-electron chi connectivity index (χ2n) is 4.29. The first kappa shape index (κ1) is 10.3. The van der Waals surface area contributed by atoms with Gasteiger partial charge in [0.25, 0.3) is 0 Å². The van der Waals surface area contributed by atoms with Gasteiger partial charge in [-0.05, 0) is 12.1 Å². The van der Waals surface area contributed by atoms with Gasteiger partial charge in [0.1, 0.15) is 30.0 Å². The van der Waals surface area contributed by atoms with E-state index in [-0.39, 0.29) is 0 Å². The zero-order chi connectivity index (χ0) is 12.7. The average molecular weight is 250 g/mol. The van der Waals surface area contributed by atoms with Crippen LogP contribution in [0.5, 0.6) is 0 Å². The van der Waals surface area contributed by atoms with E-state index in [1.54, 1.807) is 6.26 Å². The molecule has 0 bridgehead atoms. The van der Waals surface area contributed by atoms with Crippen LogP contribution < -0.4 is 0 Å². The second kappa shape index (κ2) is 3.92. The predicted octanol–water partition coefficient (Wildman–Crippen LogP) is 4.40. The molecule has 2 heterocycles. The molecule has 0 atom stereocenters. The fraction of sp³-hybridized carbons (Fsp3) is 0. The molecule has 1 aromatic heterocycles. The highest BCUT2D eigenvalue weighted by molar-refractivity contribution is 6.09. The Bertz CT molecular complexity index is 824. The third kappa shape index (κ3) is 1.52. The highest BCUT2D eigenvalue weighted by Gasteiger charge is 2.15. The smallest absolute Gasteiger partial charge is 0.169 e. The van der Waals surface area contributed by atoms with Crippen LogP contribution in [0, 0.1) is 0 Å². The molecule has 1 aliphatic heterocycles. The van der Waals surface area contributed by atoms with E-state index in [9.17, 15) is 0 Å². The normalized spacial score (nSPS) is 14.2. The summed E-state index contributed by atoms with van der Waals surface area (Å²) in [5.41, 5.74) is 2.68. The molecular formula is C16H10O3. The molecule has 0 spiro atoms. The molecule has 19 heavy (non-hydrogen) atoms. The SMILES string of the molecule is C1=COC(c2cccc3oc4ccccc4c23)=CO1. The molecule has 0 radical (unpaired) electrons. The van der Waals surface area contributed by atoms with E-state index in [0.717, 1.165) is 27.5 Å². The summed E-state index contributed by atoms with van der Waals surface area (Å²) in [5.74, 6) is 0.680. The van der Waals surface area contributed by atoms with Crippen molar-refractivity contribution in [3.63, 3.8) is 0 Å². The summed E-state index contributed by atoms with van der Waals surface area (Å²) in [7, 11) is 0. The Kier molecular flexibility index (Phi) is 2.12. The molecule has 0 amide bonds. The molecular weight excluding hydrogens is 240 g/mol. The third-order valence-corrected chi connectivity index (χ3v) is 3.17. The molecule has 0 N–H and O–H groups in total. The van der Waals surface area contributed by atoms with Crippen molar-refractivity contribution < 1.29 is 13.9 Å². The van der Waals surface area contributed by atoms with Gasteiger partial charge in [0.15, 0.2) is 5.76 Å². The predicted molar refractivity (Wildman–Crippen MR) is 73.0 cm³/mol. The van der Waals surface area contributed by atoms with Crippen LogP contribution in [0.3, 0.4) is 0 Å². The van der Waals surface area contributed by atoms with Gasteiger partial charge in [-0.1, -0.05) is 30.3 Å². The number of furan rings is 1. The first-order valence-electron chi connectivity index (χ1n) is 6.01. The van der Waals surface area contributed by atoms with Crippen LogP contribution in [0.2, 0.25) is 0 Å². The minimum atomic E-state index is 0.680. The van der Waals surface area contributed by atoms with E-state index in [4.69, 9.17) is 13.9 Å². The lowest BCUT2D eigenvalue weighted by Crippen LogP contribution is -1.92. The van der Waals surface area contributed by atoms with Crippen LogP contribution in [-0.4, -0.2) is 0 Å². The van der Waals surface area contributed by atoms with E-state index in [0.29, 0.717) is 5.76 Å². The topological polar surface area (TPSA) is 31.6 Å². The van der Waals surface area contributed by atoms with Gasteiger partial charge in [-0.2, -0.15) is 0 Å². The first-order chi connectivity index (χ1) is 9.43. The van der Waals surface area contributed by atoms with E-state index in [1.165, 1.54) is 12.5 Å². The summed E-state index contributed by atoms with van der Waals surface area (Å²) in [4.78, 5) is 0. The van der Waals surface area contributed by atoms with Gasteiger partial charge in [-0.3, -0.25) is 0 Å². The van der Waals surface area contributed by atoms with Crippen LogP contribution in [0.25, 0.3) is 27.7 Å². The van der Waals surface area contributed by atoms with Crippen LogP contribution >= 0.6 is 0 Å². The molecule has 3 aromatic rings. The summed E-state index contributed by atoms with van der Waals surface area (Å²) in [5, 5.41) is 2.12. The quantitative estimate of drug-likeness (QED) is 0.641. The molecule has 0 saturated carbocycles. The minimum Gasteiger partial charge on any atom is -0.465 e. The summed E-state index contributed by atoms with van der Waals surface area (Å²) in [6.45, 7) is 0. The van der Waals surface area contributed by atoms with Crippen LogP contribution in [0.4, 0.5) is 0 Å². The van der Waals surface area contributed by atoms with Gasteiger partial charge in [0.05, 0.1) is 0 Å². The van der Waals surface area contributed by atoms with Crippen LogP contribution in [0.1, 0.15) is 5.56 Å². The van der Waals surface area contributed by atoms with Gasteiger partial charge < -0.3 is 13.9 Å². The third-order valence-electron chi connectivity index (χ3n) is 3.17. The Morgan fingerprint density at radius 3 is 2.58 bits per heavy atom. The number of hydrogen-bond acceptors (Lipinski definition) is 3. The van der Waals surface area contributed by atoms with Gasteiger partial charge in [-0.15, -0.1) is 0 Å². The maximum atomic E-state index is 5.84. The molecule has 0 unspecified atom stereocenters. The fourth-order valence-electron chi connectivity index (χ4n) is 2.37. The Labute approximate surface area is 109 Å². The van der Waals surface area contributed by atoms with Gasteiger partial charge >= 0.3 is 0 Å². The number of benzene rings is 2. The highest BCUT2D eigenvalue weighted by Crippen LogP contribution is 2.35. The number of rotatable bonds is 1. The Hall–Kier alpha value is -2.68. The number of fused-ring (bicyclic) bond motifs is 3. The van der Waals surface area contributed by atoms with E-state index >= 15 is 0 Å². The van der Waals surface area contributed by atoms with E-state index in [2.05, 4.69) is 0 Å². The second-order valence-corrected chi connectivity index (χ2v) is 4.29. The summed E-state index contributed by atoms with van der Waals surface area (Å²) in [6, 6.07) is 13.9. The number of hydrogen-bond donors (Lipinski definition) is 0. The largest absolute Gasteiger partial charge is 0.465 e. The summed E-state index contributed by atoms with van der Waals surface area (Å²) < 4.78 is 16.5. The van der Waals surface area contributed by atoms with E-state index < -0.39 is 0 Å². The zero-order valence-electron chi connectivity index (χ0n) is 10.00. The Morgan fingerprint density at radius 2 is 1.68 bits per heavy atom. The maximum absolute atomic E-state index is 5.84. The van der Waals surface area contributed by atoms with Gasteiger partial charge in [0, 0.05) is 16.3 Å². The summed E-state index contributed by atoms with van der Waals surface area (Å²) in [6.07, 6.45) is 4.62. The molecule has 3 heteroatoms. The molecule has 0 aliphatic carbocycles. The first-order valence-corrected chi connectivity index (χ1v) is 6.01. The van der Waals surface area contributed by atoms with Crippen molar-refractivity contribution in [1.29, 1.82) is 0 Å². The van der Waals surface area contributed by atoms with Gasteiger partial charge in [0.2, 0.25) is 0 Å². The molecule has 92 valence electrons. The molecule has 2 aromatic carbocycles. The van der Waals surface area contributed by atoms with Crippen molar-refractivity contribution in [3.8, 4) is 0 Å². The Balaban J connectivity index is 2.07. The van der Waals surface area contributed by atoms with Crippen molar-refractivity contribution in [2.24, 2.45) is 0 Å². The lowest BCUT2D eigenvalue weighted by Gasteiger charge is -2.10.